The number of rotatable bonds is 4. The second kappa shape index (κ2) is 8.53. The van der Waals surface area contributed by atoms with Crippen LogP contribution in [0.25, 0.3) is 0 Å². The van der Waals surface area contributed by atoms with E-state index in [1.165, 1.54) is 0 Å². The monoisotopic (exact) mass is 276 g/mol. The van der Waals surface area contributed by atoms with Crippen LogP contribution < -0.4 is 10.1 Å². The molecule has 0 radical (unpaired) electrons. The van der Waals surface area contributed by atoms with E-state index in [1.54, 1.807) is 19.2 Å². The topological polar surface area (TPSA) is 77.5 Å². The molecule has 1 N–H and O–H groups in total. The maximum atomic E-state index is 11.1. The van der Waals surface area contributed by atoms with Gasteiger partial charge in [0.25, 0.3) is 0 Å². The first-order valence-electron chi connectivity index (χ1n) is 6.09. The number of ether oxygens (including phenoxy) is 2. The highest BCUT2D eigenvalue weighted by Crippen LogP contribution is 2.07. The molecule has 6 heteroatoms. The second-order valence-electron chi connectivity index (χ2n) is 3.68. The van der Waals surface area contributed by atoms with Crippen molar-refractivity contribution < 1.29 is 19.1 Å². The Labute approximate surface area is 117 Å². The minimum absolute atomic E-state index is 0.0627. The van der Waals surface area contributed by atoms with Crippen LogP contribution in [-0.2, 0) is 14.3 Å². The normalized spacial score (nSPS) is 9.10. The van der Waals surface area contributed by atoms with Crippen LogP contribution in [0.5, 0.6) is 5.75 Å². The van der Waals surface area contributed by atoms with E-state index in [9.17, 15) is 9.59 Å². The van der Waals surface area contributed by atoms with E-state index in [4.69, 9.17) is 4.74 Å². The number of aromatic nitrogens is 1. The molecule has 0 bridgehead atoms. The third-order valence-electron chi connectivity index (χ3n) is 2.12. The van der Waals surface area contributed by atoms with E-state index in [1.807, 2.05) is 13.0 Å². The van der Waals surface area contributed by atoms with Crippen molar-refractivity contribution in [2.24, 2.45) is 0 Å². The van der Waals surface area contributed by atoms with Crippen LogP contribution in [0.1, 0.15) is 12.6 Å². The first-order chi connectivity index (χ1) is 9.63. The summed E-state index contributed by atoms with van der Waals surface area (Å²) in [6, 6.07) is 3.63. The predicted octanol–water partition coefficient (Wildman–Crippen LogP) is 0.452. The van der Waals surface area contributed by atoms with E-state index in [0.29, 0.717) is 5.75 Å². The Morgan fingerprint density at radius 1 is 1.35 bits per heavy atom. The molecule has 1 aromatic rings. The third-order valence-corrected chi connectivity index (χ3v) is 2.12. The summed E-state index contributed by atoms with van der Waals surface area (Å²) in [6.07, 6.45) is 1.61. The van der Waals surface area contributed by atoms with Crippen molar-refractivity contribution in [3.63, 3.8) is 0 Å². The number of hydrogen-bond acceptors (Lipinski definition) is 5. The lowest BCUT2D eigenvalue weighted by molar-refractivity contribution is -0.154. The smallest absolute Gasteiger partial charge is 0.396 e. The molecule has 0 aliphatic rings. The number of esters is 1. The van der Waals surface area contributed by atoms with Gasteiger partial charge in [0.05, 0.1) is 19.3 Å². The van der Waals surface area contributed by atoms with Gasteiger partial charge in [-0.15, -0.1) is 0 Å². The van der Waals surface area contributed by atoms with Gasteiger partial charge in [-0.25, -0.2) is 4.79 Å². The molecule has 1 heterocycles. The zero-order chi connectivity index (χ0) is 14.8. The molecule has 0 saturated heterocycles. The molecular formula is C14H16N2O4. The minimum atomic E-state index is -0.906. The lowest BCUT2D eigenvalue weighted by Crippen LogP contribution is -2.32. The van der Waals surface area contributed by atoms with Crippen LogP contribution in [0.15, 0.2) is 18.3 Å². The maximum absolute atomic E-state index is 11.1. The predicted molar refractivity (Wildman–Crippen MR) is 71.9 cm³/mol. The summed E-state index contributed by atoms with van der Waals surface area (Å²) in [5.41, 5.74) is 0.908. The Bertz CT molecular complexity index is 514. The molecule has 106 valence electrons. The first-order valence-corrected chi connectivity index (χ1v) is 6.09. The van der Waals surface area contributed by atoms with Crippen molar-refractivity contribution >= 4 is 11.9 Å². The third kappa shape index (κ3) is 5.87. The fourth-order valence-corrected chi connectivity index (χ4v) is 1.17. The van der Waals surface area contributed by atoms with Gasteiger partial charge in [0.2, 0.25) is 0 Å². The molecular weight excluding hydrogens is 260 g/mol. The highest BCUT2D eigenvalue weighted by molar-refractivity contribution is 6.32. The Kier molecular flexibility index (Phi) is 6.62. The molecule has 20 heavy (non-hydrogen) atoms. The van der Waals surface area contributed by atoms with Gasteiger partial charge < -0.3 is 14.8 Å². The summed E-state index contributed by atoms with van der Waals surface area (Å²) < 4.78 is 9.83. The number of hydrogen-bond donors (Lipinski definition) is 1. The number of pyridine rings is 1. The van der Waals surface area contributed by atoms with Crippen molar-refractivity contribution in [1.29, 1.82) is 0 Å². The molecule has 6 nitrogen and oxygen atoms in total. The van der Waals surface area contributed by atoms with E-state index < -0.39 is 11.9 Å². The highest BCUT2D eigenvalue weighted by atomic mass is 16.5. The maximum Gasteiger partial charge on any atom is 0.396 e. The van der Waals surface area contributed by atoms with Crippen LogP contribution in [0.2, 0.25) is 0 Å². The molecule has 1 rings (SSSR count). The largest absolute Gasteiger partial charge is 0.479 e. The van der Waals surface area contributed by atoms with Gasteiger partial charge in [-0.1, -0.05) is 11.8 Å². The lowest BCUT2D eigenvalue weighted by Gasteiger charge is -2.01. The number of nitrogens with zero attached hydrogens (tertiary/aromatic N) is 1. The summed E-state index contributed by atoms with van der Waals surface area (Å²) in [5.74, 6) is 4.29. The molecule has 0 saturated carbocycles. The van der Waals surface area contributed by atoms with Gasteiger partial charge >= 0.3 is 11.9 Å². The van der Waals surface area contributed by atoms with Gasteiger partial charge in [0.1, 0.15) is 12.4 Å². The van der Waals surface area contributed by atoms with Crippen molar-refractivity contribution in [1.82, 2.24) is 10.3 Å². The Balaban J connectivity index is 2.22. The van der Waals surface area contributed by atoms with Crippen LogP contribution in [0.4, 0.5) is 0 Å². The summed E-state index contributed by atoms with van der Waals surface area (Å²) in [4.78, 5) is 26.2. The van der Waals surface area contributed by atoms with Gasteiger partial charge in [-0.3, -0.25) is 9.78 Å². The average Bonchev–Trinajstić information content (AvgIpc) is 2.44. The number of carbonyl (C=O) groups is 2. The molecule has 1 amide bonds. The molecule has 0 atom stereocenters. The quantitative estimate of drug-likeness (QED) is 0.491. The van der Waals surface area contributed by atoms with Crippen molar-refractivity contribution in [3.05, 3.63) is 24.0 Å². The van der Waals surface area contributed by atoms with Crippen LogP contribution in [0.3, 0.4) is 0 Å². The van der Waals surface area contributed by atoms with E-state index in [2.05, 4.69) is 26.9 Å². The van der Waals surface area contributed by atoms with Gasteiger partial charge in [-0.2, -0.15) is 0 Å². The van der Waals surface area contributed by atoms with Crippen molar-refractivity contribution in [3.8, 4) is 17.6 Å². The Morgan fingerprint density at radius 2 is 2.15 bits per heavy atom. The van der Waals surface area contributed by atoms with Crippen LogP contribution in [-0.4, -0.2) is 36.6 Å². The fourth-order valence-electron chi connectivity index (χ4n) is 1.17. The highest BCUT2D eigenvalue weighted by Gasteiger charge is 2.12. The number of carbonyl (C=O) groups excluding carboxylic acids is 2. The van der Waals surface area contributed by atoms with Crippen LogP contribution >= 0.6 is 0 Å². The first kappa shape index (κ1) is 15.5. The number of amides is 1. The second-order valence-corrected chi connectivity index (χ2v) is 3.68. The van der Waals surface area contributed by atoms with Crippen LogP contribution in [0, 0.1) is 18.8 Å². The SMILES string of the molecule is CCOC(=O)C(=O)NCC#CCOc1ccc(C)nc1. The average molecular weight is 276 g/mol. The molecule has 0 aliphatic carbocycles. The number of aryl methyl sites for hydroxylation is 1. The molecule has 0 aromatic carbocycles. The minimum Gasteiger partial charge on any atom is -0.479 e. The lowest BCUT2D eigenvalue weighted by atomic mass is 10.4. The Hall–Kier alpha value is -2.55. The number of nitrogens with one attached hydrogen (secondary N) is 1. The molecule has 0 unspecified atom stereocenters. The summed E-state index contributed by atoms with van der Waals surface area (Å²) >= 11 is 0. The summed E-state index contributed by atoms with van der Waals surface area (Å²) in [7, 11) is 0. The zero-order valence-electron chi connectivity index (χ0n) is 11.4. The Morgan fingerprint density at radius 3 is 2.80 bits per heavy atom. The molecule has 0 aliphatic heterocycles. The molecule has 0 fully saturated rings. The van der Waals surface area contributed by atoms with Gasteiger partial charge in [-0.05, 0) is 26.0 Å². The van der Waals surface area contributed by atoms with Gasteiger partial charge in [0.15, 0.2) is 0 Å². The van der Waals surface area contributed by atoms with Crippen molar-refractivity contribution in [2.45, 2.75) is 13.8 Å². The van der Waals surface area contributed by atoms with Gasteiger partial charge in [0, 0.05) is 5.69 Å². The molecule has 0 spiro atoms. The van der Waals surface area contributed by atoms with E-state index in [0.717, 1.165) is 5.69 Å². The van der Waals surface area contributed by atoms with E-state index in [-0.39, 0.29) is 19.8 Å². The summed E-state index contributed by atoms with van der Waals surface area (Å²) in [6.45, 7) is 3.92. The fraction of sp³-hybridized carbons (Fsp3) is 0.357. The zero-order valence-corrected chi connectivity index (χ0v) is 11.4. The molecule has 1 aromatic heterocycles. The summed E-state index contributed by atoms with van der Waals surface area (Å²) in [5, 5.41) is 2.32. The standard InChI is InChI=1S/C14H16N2O4/c1-3-19-14(18)13(17)15-8-4-5-9-20-12-7-6-11(2)16-10-12/h6-7,10H,3,8-9H2,1-2H3,(H,15,17). The van der Waals surface area contributed by atoms with Crippen molar-refractivity contribution in [2.75, 3.05) is 19.8 Å². The van der Waals surface area contributed by atoms with E-state index >= 15 is 0 Å².